The Morgan fingerprint density at radius 2 is 1.85 bits per heavy atom. The fourth-order valence-corrected chi connectivity index (χ4v) is 2.85. The highest BCUT2D eigenvalue weighted by Gasteiger charge is 2.02. The number of nitrogens with zero attached hydrogens (tertiary/aromatic N) is 1. The molecule has 0 atom stereocenters. The van der Waals surface area contributed by atoms with Crippen LogP contribution in [0, 0.1) is 0 Å². The Morgan fingerprint density at radius 3 is 2.46 bits per heavy atom. The van der Waals surface area contributed by atoms with Gasteiger partial charge in [-0.05, 0) is 17.9 Å². The lowest BCUT2D eigenvalue weighted by Gasteiger charge is -2.10. The molecule has 0 fully saturated rings. The minimum absolute atomic E-state index is 0. The summed E-state index contributed by atoms with van der Waals surface area (Å²) in [6.07, 6.45) is 1.72. The van der Waals surface area contributed by atoms with Gasteiger partial charge in [0.2, 0.25) is 0 Å². The molecular formula is C18H26IN3O3S. The van der Waals surface area contributed by atoms with Crippen molar-refractivity contribution in [2.24, 2.45) is 10.7 Å². The molecule has 3 N–H and O–H groups in total. The standard InChI is InChI=1S/C18H25N3O3S.HI/c1-22-14-11-15(23-2)13-16(12-14)24-9-4-7-20-18(19)21-8-6-17-5-3-10-25-17;/h3,5,10-13H,4,6-9H2,1-2H3,(H3,19,20,21);1H. The Kier molecular flexibility index (Phi) is 10.9. The van der Waals surface area contributed by atoms with Crippen LogP contribution in [0.4, 0.5) is 0 Å². The zero-order valence-electron chi connectivity index (χ0n) is 15.1. The molecule has 0 radical (unpaired) electrons. The smallest absolute Gasteiger partial charge is 0.188 e. The van der Waals surface area contributed by atoms with Crippen LogP contribution in [0.2, 0.25) is 0 Å². The quantitative estimate of drug-likeness (QED) is 0.231. The van der Waals surface area contributed by atoms with Crippen LogP contribution in [0.15, 0.2) is 40.7 Å². The summed E-state index contributed by atoms with van der Waals surface area (Å²) in [6.45, 7) is 1.94. The Morgan fingerprint density at radius 1 is 1.15 bits per heavy atom. The zero-order valence-corrected chi connectivity index (χ0v) is 18.2. The van der Waals surface area contributed by atoms with E-state index in [2.05, 4.69) is 27.8 Å². The van der Waals surface area contributed by atoms with Crippen LogP contribution in [0.25, 0.3) is 0 Å². The second-order valence-corrected chi connectivity index (χ2v) is 6.31. The van der Waals surface area contributed by atoms with Gasteiger partial charge in [-0.15, -0.1) is 35.3 Å². The molecule has 0 amide bonds. The van der Waals surface area contributed by atoms with Crippen molar-refractivity contribution < 1.29 is 14.2 Å². The molecule has 0 bridgehead atoms. The molecule has 8 heteroatoms. The van der Waals surface area contributed by atoms with E-state index in [4.69, 9.17) is 19.9 Å². The van der Waals surface area contributed by atoms with Gasteiger partial charge < -0.3 is 25.3 Å². The molecule has 0 unspecified atom stereocenters. The number of nitrogens with one attached hydrogen (secondary N) is 1. The number of hydrogen-bond donors (Lipinski definition) is 2. The van der Waals surface area contributed by atoms with E-state index in [0.717, 1.165) is 19.4 Å². The second-order valence-electron chi connectivity index (χ2n) is 5.27. The summed E-state index contributed by atoms with van der Waals surface area (Å²) in [6, 6.07) is 9.62. The van der Waals surface area contributed by atoms with Crippen LogP contribution in [0.3, 0.4) is 0 Å². The van der Waals surface area contributed by atoms with Crippen molar-refractivity contribution in [2.45, 2.75) is 12.8 Å². The van der Waals surface area contributed by atoms with E-state index in [1.165, 1.54) is 4.88 Å². The van der Waals surface area contributed by atoms with Gasteiger partial charge >= 0.3 is 0 Å². The maximum atomic E-state index is 5.85. The number of benzene rings is 1. The van der Waals surface area contributed by atoms with E-state index in [1.54, 1.807) is 31.6 Å². The molecular weight excluding hydrogens is 465 g/mol. The van der Waals surface area contributed by atoms with Crippen LogP contribution >= 0.6 is 35.3 Å². The molecule has 0 saturated heterocycles. The van der Waals surface area contributed by atoms with Crippen LogP contribution < -0.4 is 25.3 Å². The predicted molar refractivity (Wildman–Crippen MR) is 118 cm³/mol. The van der Waals surface area contributed by atoms with Gasteiger partial charge in [0.1, 0.15) is 17.2 Å². The number of nitrogens with two attached hydrogens (primary N) is 1. The zero-order chi connectivity index (χ0) is 17.9. The molecule has 26 heavy (non-hydrogen) atoms. The molecule has 1 heterocycles. The second kappa shape index (κ2) is 12.6. The summed E-state index contributed by atoms with van der Waals surface area (Å²) in [7, 11) is 3.23. The van der Waals surface area contributed by atoms with Gasteiger partial charge in [0, 0.05) is 42.6 Å². The van der Waals surface area contributed by atoms with Crippen LogP contribution in [0.1, 0.15) is 11.3 Å². The molecule has 1 aromatic heterocycles. The average Bonchev–Trinajstić information content (AvgIpc) is 3.14. The third kappa shape index (κ3) is 8.13. The highest BCUT2D eigenvalue weighted by Crippen LogP contribution is 2.27. The fraction of sp³-hybridized carbons (Fsp3) is 0.389. The third-order valence-electron chi connectivity index (χ3n) is 3.44. The van der Waals surface area contributed by atoms with Crippen molar-refractivity contribution in [3.8, 4) is 17.2 Å². The number of rotatable bonds is 10. The molecule has 1 aromatic carbocycles. The van der Waals surface area contributed by atoms with Crippen molar-refractivity contribution >= 4 is 41.3 Å². The number of halogens is 1. The van der Waals surface area contributed by atoms with Gasteiger partial charge in [-0.2, -0.15) is 0 Å². The van der Waals surface area contributed by atoms with Crippen molar-refractivity contribution in [1.29, 1.82) is 0 Å². The first kappa shape index (κ1) is 22.4. The van der Waals surface area contributed by atoms with Crippen molar-refractivity contribution in [3.63, 3.8) is 0 Å². The van der Waals surface area contributed by atoms with E-state index in [0.29, 0.717) is 36.4 Å². The molecule has 0 saturated carbocycles. The van der Waals surface area contributed by atoms with Gasteiger partial charge in [-0.25, -0.2) is 0 Å². The van der Waals surface area contributed by atoms with Gasteiger partial charge in [-0.3, -0.25) is 4.99 Å². The molecule has 144 valence electrons. The minimum Gasteiger partial charge on any atom is -0.496 e. The van der Waals surface area contributed by atoms with Crippen molar-refractivity contribution in [1.82, 2.24) is 5.32 Å². The SMILES string of the molecule is COc1cc(OC)cc(OCCCN=C(N)NCCc2cccs2)c1.I. The molecule has 0 aliphatic rings. The summed E-state index contributed by atoms with van der Waals surface area (Å²) in [5.74, 6) is 2.58. The predicted octanol–water partition coefficient (Wildman–Crippen LogP) is 3.30. The van der Waals surface area contributed by atoms with Gasteiger partial charge in [0.05, 0.1) is 20.8 Å². The van der Waals surface area contributed by atoms with Crippen LogP contribution in [0.5, 0.6) is 17.2 Å². The summed E-state index contributed by atoms with van der Waals surface area (Å²) in [5.41, 5.74) is 5.85. The molecule has 2 rings (SSSR count). The van der Waals surface area contributed by atoms with Gasteiger partial charge in [-0.1, -0.05) is 6.07 Å². The highest BCUT2D eigenvalue weighted by atomic mass is 127. The Hall–Kier alpha value is -1.68. The minimum atomic E-state index is 0. The number of hydrogen-bond acceptors (Lipinski definition) is 5. The maximum absolute atomic E-state index is 5.85. The summed E-state index contributed by atoms with van der Waals surface area (Å²) in [4.78, 5) is 5.63. The topological polar surface area (TPSA) is 78.1 Å². The molecule has 2 aromatic rings. The lowest BCUT2D eigenvalue weighted by atomic mass is 10.3. The van der Waals surface area contributed by atoms with E-state index in [9.17, 15) is 0 Å². The van der Waals surface area contributed by atoms with Crippen molar-refractivity contribution in [3.05, 3.63) is 40.6 Å². The van der Waals surface area contributed by atoms with Crippen LogP contribution in [-0.4, -0.2) is 39.9 Å². The third-order valence-corrected chi connectivity index (χ3v) is 4.37. The summed E-state index contributed by atoms with van der Waals surface area (Å²) in [5, 5.41) is 5.19. The fourth-order valence-electron chi connectivity index (χ4n) is 2.14. The number of thiophene rings is 1. The number of methoxy groups -OCH3 is 2. The summed E-state index contributed by atoms with van der Waals surface area (Å²) >= 11 is 1.75. The first-order chi connectivity index (χ1) is 12.2. The monoisotopic (exact) mass is 491 g/mol. The van der Waals surface area contributed by atoms with E-state index in [1.807, 2.05) is 12.1 Å². The Bertz CT molecular complexity index is 643. The lowest BCUT2D eigenvalue weighted by molar-refractivity contribution is 0.307. The normalized spacial score (nSPS) is 10.8. The van der Waals surface area contributed by atoms with E-state index in [-0.39, 0.29) is 24.0 Å². The molecule has 0 aliphatic carbocycles. The van der Waals surface area contributed by atoms with E-state index >= 15 is 0 Å². The number of ether oxygens (including phenoxy) is 3. The van der Waals surface area contributed by atoms with Crippen LogP contribution in [-0.2, 0) is 6.42 Å². The van der Waals surface area contributed by atoms with E-state index < -0.39 is 0 Å². The van der Waals surface area contributed by atoms with Gasteiger partial charge in [0.25, 0.3) is 0 Å². The Labute approximate surface area is 175 Å². The maximum Gasteiger partial charge on any atom is 0.188 e. The average molecular weight is 491 g/mol. The lowest BCUT2D eigenvalue weighted by Crippen LogP contribution is -2.33. The molecule has 6 nitrogen and oxygen atoms in total. The molecule has 0 aliphatic heterocycles. The highest BCUT2D eigenvalue weighted by molar-refractivity contribution is 14.0. The van der Waals surface area contributed by atoms with Crippen molar-refractivity contribution in [2.75, 3.05) is 33.9 Å². The number of guanidine groups is 1. The molecule has 0 spiro atoms. The number of aliphatic imine (C=N–C) groups is 1. The van der Waals surface area contributed by atoms with Gasteiger partial charge in [0.15, 0.2) is 5.96 Å². The largest absolute Gasteiger partial charge is 0.496 e. The first-order valence-corrected chi connectivity index (χ1v) is 9.01. The summed E-state index contributed by atoms with van der Waals surface area (Å²) < 4.78 is 16.1. The first-order valence-electron chi connectivity index (χ1n) is 8.13. The Balaban J connectivity index is 0.00000338.